The van der Waals surface area contributed by atoms with E-state index in [4.69, 9.17) is 29.2 Å². The van der Waals surface area contributed by atoms with Gasteiger partial charge < -0.3 is 29.2 Å². The molecular weight excluding hydrogens is 370 g/mol. The molecule has 0 unspecified atom stereocenters. The first-order valence-corrected chi connectivity index (χ1v) is 11.3. The van der Waals surface area contributed by atoms with E-state index in [-0.39, 0.29) is 11.1 Å². The molecule has 0 aliphatic rings. The summed E-state index contributed by atoms with van der Waals surface area (Å²) in [7, 11) is 2.50. The molecule has 0 rings (SSSR count). The molecule has 160 valence electrons. The first kappa shape index (κ1) is 28.0. The Kier molecular flexibility index (Phi) is 17.5. The Morgan fingerprint density at radius 3 is 1.41 bits per heavy atom. The molecule has 0 atom stereocenters. The molecule has 0 heterocycles. The van der Waals surface area contributed by atoms with Gasteiger partial charge in [0.05, 0.1) is 0 Å². The van der Waals surface area contributed by atoms with Crippen LogP contribution in [0.4, 0.5) is 0 Å². The molecule has 8 nitrogen and oxygen atoms in total. The van der Waals surface area contributed by atoms with Crippen LogP contribution in [0.1, 0.15) is 58.8 Å². The third kappa shape index (κ3) is 11.9. The summed E-state index contributed by atoms with van der Waals surface area (Å²) >= 11 is 0. The van der Waals surface area contributed by atoms with E-state index < -0.39 is 20.7 Å². The predicted molar refractivity (Wildman–Crippen MR) is 107 cm³/mol. The highest BCUT2D eigenvalue weighted by atomic mass is 28.4. The summed E-state index contributed by atoms with van der Waals surface area (Å²) in [4.78, 5) is 22.0. The van der Waals surface area contributed by atoms with Gasteiger partial charge in [-0.1, -0.05) is 26.7 Å². The number of hydrogen-bond acceptors (Lipinski definition) is 6. The number of carboxylic acid groups (broad SMARTS) is 2. The maximum absolute atomic E-state index is 11.0. The molecule has 0 aromatic rings. The molecule has 0 spiro atoms. The van der Waals surface area contributed by atoms with Crippen LogP contribution >= 0.6 is 0 Å². The van der Waals surface area contributed by atoms with Crippen LogP contribution in [-0.4, -0.2) is 58.8 Å². The monoisotopic (exact) mass is 407 g/mol. The van der Waals surface area contributed by atoms with E-state index in [9.17, 15) is 9.59 Å². The third-order valence-corrected chi connectivity index (χ3v) is 6.89. The van der Waals surface area contributed by atoms with Crippen LogP contribution in [0.2, 0.25) is 6.04 Å². The molecule has 0 fully saturated rings. The zero-order chi connectivity index (χ0) is 21.3. The molecule has 27 heavy (non-hydrogen) atoms. The number of hydrogen-bond donors (Lipinski definition) is 3. The van der Waals surface area contributed by atoms with Crippen molar-refractivity contribution in [2.75, 3.05) is 27.9 Å². The Bertz CT molecular complexity index is 415. The molecule has 4 N–H and O–H groups in total. The Balaban J connectivity index is 0. The Hall–Kier alpha value is -1.26. The fourth-order valence-electron chi connectivity index (χ4n) is 2.36. The van der Waals surface area contributed by atoms with Crippen molar-refractivity contribution in [3.8, 4) is 0 Å². The van der Waals surface area contributed by atoms with Crippen LogP contribution < -0.4 is 5.73 Å². The van der Waals surface area contributed by atoms with Gasteiger partial charge >= 0.3 is 20.7 Å². The van der Waals surface area contributed by atoms with E-state index >= 15 is 0 Å². The molecule has 0 saturated carbocycles. The van der Waals surface area contributed by atoms with Gasteiger partial charge in [0, 0.05) is 38.5 Å². The SMILES string of the molecule is CCCC/C(C(=O)O)=C(\CCCC)C(=O)O.CO[Si](CCCN)(OC)OC. The standard InChI is InChI=1S/C12H20O4.C6H17NO3Si/c1-3-5-7-9(11(13)14)10(12(15)16)8-6-4-2;1-8-11(9-2,10-3)6-4-5-7/h3-8H2,1-2H3,(H,13,14)(H,15,16);4-7H2,1-3H3/b10-9-;. The maximum atomic E-state index is 11.0. The number of aliphatic carboxylic acids is 2. The second kappa shape index (κ2) is 16.9. The van der Waals surface area contributed by atoms with Crippen molar-refractivity contribution in [3.63, 3.8) is 0 Å². The summed E-state index contributed by atoms with van der Waals surface area (Å²) in [6, 6.07) is 0.785. The van der Waals surface area contributed by atoms with Gasteiger partial charge in [0.25, 0.3) is 0 Å². The van der Waals surface area contributed by atoms with Gasteiger partial charge in [-0.25, -0.2) is 9.59 Å². The van der Waals surface area contributed by atoms with E-state index in [0.29, 0.717) is 32.2 Å². The Labute approximate surface area is 164 Å². The highest BCUT2D eigenvalue weighted by Crippen LogP contribution is 2.18. The minimum atomic E-state index is -2.32. The van der Waals surface area contributed by atoms with Gasteiger partial charge in [0.2, 0.25) is 0 Å². The Morgan fingerprint density at radius 2 is 1.19 bits per heavy atom. The van der Waals surface area contributed by atoms with Gasteiger partial charge in [-0.15, -0.1) is 0 Å². The minimum Gasteiger partial charge on any atom is -0.478 e. The van der Waals surface area contributed by atoms with Crippen LogP contribution in [0.25, 0.3) is 0 Å². The molecule has 0 bridgehead atoms. The summed E-state index contributed by atoms with van der Waals surface area (Å²) in [5, 5.41) is 18.0. The number of unbranched alkanes of at least 4 members (excludes halogenated alkanes) is 2. The second-order valence-corrected chi connectivity index (χ2v) is 9.05. The van der Waals surface area contributed by atoms with Gasteiger partial charge in [-0.05, 0) is 38.6 Å². The average molecular weight is 408 g/mol. The van der Waals surface area contributed by atoms with Crippen LogP contribution in [0.5, 0.6) is 0 Å². The number of carboxylic acids is 2. The fraction of sp³-hybridized carbons (Fsp3) is 0.778. The largest absolute Gasteiger partial charge is 0.500 e. The number of carbonyl (C=O) groups is 2. The highest BCUT2D eigenvalue weighted by molar-refractivity contribution is 6.60. The van der Waals surface area contributed by atoms with Crippen molar-refractivity contribution in [1.82, 2.24) is 0 Å². The van der Waals surface area contributed by atoms with Crippen molar-refractivity contribution in [2.24, 2.45) is 5.73 Å². The maximum Gasteiger partial charge on any atom is 0.500 e. The first-order chi connectivity index (χ1) is 12.8. The summed E-state index contributed by atoms with van der Waals surface area (Å²) in [6.07, 6.45) is 4.71. The van der Waals surface area contributed by atoms with Gasteiger partial charge in [0.1, 0.15) is 0 Å². The van der Waals surface area contributed by atoms with Gasteiger partial charge in [-0.2, -0.15) is 0 Å². The molecular formula is C18H37NO7Si. The zero-order valence-corrected chi connectivity index (χ0v) is 18.4. The smallest absolute Gasteiger partial charge is 0.478 e. The average Bonchev–Trinajstić information content (AvgIpc) is 2.66. The lowest BCUT2D eigenvalue weighted by molar-refractivity contribution is -0.136. The molecule has 0 aliphatic heterocycles. The summed E-state index contributed by atoms with van der Waals surface area (Å²) < 4.78 is 15.5. The molecule has 0 radical (unpaired) electrons. The minimum absolute atomic E-state index is 0.0720. The van der Waals surface area contributed by atoms with Crippen molar-refractivity contribution in [2.45, 2.75) is 64.8 Å². The molecule has 0 saturated heterocycles. The van der Waals surface area contributed by atoms with E-state index in [1.165, 1.54) is 0 Å². The summed E-state index contributed by atoms with van der Waals surface area (Å²) in [5.41, 5.74) is 5.50. The molecule has 0 aromatic heterocycles. The van der Waals surface area contributed by atoms with E-state index in [1.54, 1.807) is 21.3 Å². The lowest BCUT2D eigenvalue weighted by atomic mass is 9.98. The fourth-order valence-corrected chi connectivity index (χ4v) is 4.11. The van der Waals surface area contributed by atoms with Gasteiger partial charge in [-0.3, -0.25) is 0 Å². The molecule has 0 aliphatic carbocycles. The van der Waals surface area contributed by atoms with Gasteiger partial charge in [0.15, 0.2) is 0 Å². The number of rotatable bonds is 14. The highest BCUT2D eigenvalue weighted by Gasteiger charge is 2.36. The zero-order valence-electron chi connectivity index (χ0n) is 17.4. The van der Waals surface area contributed by atoms with E-state index in [0.717, 1.165) is 25.3 Å². The summed E-state index contributed by atoms with van der Waals surface area (Å²) in [5.74, 6) is -2.19. The van der Waals surface area contributed by atoms with Crippen LogP contribution in [0, 0.1) is 0 Å². The molecule has 9 heteroatoms. The van der Waals surface area contributed by atoms with Crippen molar-refractivity contribution < 1.29 is 33.1 Å². The molecule has 0 amide bonds. The van der Waals surface area contributed by atoms with Crippen molar-refractivity contribution in [3.05, 3.63) is 11.1 Å². The quantitative estimate of drug-likeness (QED) is 0.296. The van der Waals surface area contributed by atoms with E-state index in [1.807, 2.05) is 13.8 Å². The number of nitrogens with two attached hydrogens (primary N) is 1. The normalized spacial score (nSPS) is 12.1. The predicted octanol–water partition coefficient (Wildman–Crippen LogP) is 3.05. The van der Waals surface area contributed by atoms with Crippen molar-refractivity contribution in [1.29, 1.82) is 0 Å². The topological polar surface area (TPSA) is 128 Å². The lowest BCUT2D eigenvalue weighted by Crippen LogP contribution is -2.42. The third-order valence-electron chi connectivity index (χ3n) is 4.06. The summed E-state index contributed by atoms with van der Waals surface area (Å²) in [6.45, 7) is 4.54. The second-order valence-electron chi connectivity index (χ2n) is 5.96. The first-order valence-electron chi connectivity index (χ1n) is 9.33. The van der Waals surface area contributed by atoms with Crippen LogP contribution in [-0.2, 0) is 22.9 Å². The van der Waals surface area contributed by atoms with Crippen molar-refractivity contribution >= 4 is 20.7 Å². The van der Waals surface area contributed by atoms with E-state index in [2.05, 4.69) is 0 Å². The van der Waals surface area contributed by atoms with Crippen LogP contribution in [0.3, 0.4) is 0 Å². The Morgan fingerprint density at radius 1 is 0.815 bits per heavy atom. The van der Waals surface area contributed by atoms with Crippen LogP contribution in [0.15, 0.2) is 11.1 Å². The molecule has 0 aromatic carbocycles. The lowest BCUT2D eigenvalue weighted by Gasteiger charge is -2.23.